The standard InChI is InChI=1S/C16H22ClNO/c1-11-7-8-12(2)14(9-11)16(19)18-10-13-5-3-4-6-15(13)17/h7-9,13,15H,3-6,10H2,1-2H3,(H,18,19). The van der Waals surface area contributed by atoms with Crippen molar-refractivity contribution in [1.82, 2.24) is 5.32 Å². The second-order valence-corrected chi connectivity index (χ2v) is 6.15. The van der Waals surface area contributed by atoms with Crippen molar-refractivity contribution in [2.75, 3.05) is 6.54 Å². The second kappa shape index (κ2) is 6.42. The quantitative estimate of drug-likeness (QED) is 0.837. The second-order valence-electron chi connectivity index (χ2n) is 5.59. The molecule has 1 N–H and O–H groups in total. The van der Waals surface area contributed by atoms with Gasteiger partial charge >= 0.3 is 0 Å². The van der Waals surface area contributed by atoms with E-state index in [-0.39, 0.29) is 11.3 Å². The number of hydrogen-bond acceptors (Lipinski definition) is 1. The first kappa shape index (κ1) is 14.4. The summed E-state index contributed by atoms with van der Waals surface area (Å²) in [6.45, 7) is 4.67. The van der Waals surface area contributed by atoms with Crippen LogP contribution in [0.2, 0.25) is 0 Å². The largest absolute Gasteiger partial charge is 0.352 e. The molecule has 0 aliphatic heterocycles. The molecule has 104 valence electrons. The highest BCUT2D eigenvalue weighted by Crippen LogP contribution is 2.28. The Balaban J connectivity index is 1.95. The predicted molar refractivity (Wildman–Crippen MR) is 79.8 cm³/mol. The van der Waals surface area contributed by atoms with Crippen LogP contribution in [0.25, 0.3) is 0 Å². The van der Waals surface area contributed by atoms with Gasteiger partial charge in [0.15, 0.2) is 0 Å². The Hall–Kier alpha value is -1.02. The average molecular weight is 280 g/mol. The first-order chi connectivity index (χ1) is 9.08. The first-order valence-electron chi connectivity index (χ1n) is 7.07. The van der Waals surface area contributed by atoms with Crippen LogP contribution in [0.1, 0.15) is 47.2 Å². The number of amides is 1. The van der Waals surface area contributed by atoms with Crippen LogP contribution in [-0.2, 0) is 0 Å². The highest BCUT2D eigenvalue weighted by molar-refractivity contribution is 6.20. The van der Waals surface area contributed by atoms with E-state index >= 15 is 0 Å². The van der Waals surface area contributed by atoms with E-state index in [0.29, 0.717) is 12.5 Å². The van der Waals surface area contributed by atoms with Gasteiger partial charge in [-0.15, -0.1) is 11.6 Å². The molecule has 0 saturated heterocycles. The Morgan fingerprint density at radius 2 is 2.05 bits per heavy atom. The lowest BCUT2D eigenvalue weighted by molar-refractivity contribution is 0.0943. The minimum atomic E-state index is 0.0237. The van der Waals surface area contributed by atoms with E-state index in [2.05, 4.69) is 5.32 Å². The summed E-state index contributed by atoms with van der Waals surface area (Å²) < 4.78 is 0. The molecule has 2 nitrogen and oxygen atoms in total. The molecule has 2 rings (SSSR count). The fourth-order valence-corrected chi connectivity index (χ4v) is 3.06. The Bertz CT molecular complexity index is 458. The van der Waals surface area contributed by atoms with Crippen LogP contribution in [0.3, 0.4) is 0 Å². The molecule has 0 spiro atoms. The molecule has 1 aromatic rings. The van der Waals surface area contributed by atoms with Gasteiger partial charge in [0.25, 0.3) is 5.91 Å². The van der Waals surface area contributed by atoms with Crippen LogP contribution in [0.5, 0.6) is 0 Å². The van der Waals surface area contributed by atoms with E-state index in [1.807, 2.05) is 32.0 Å². The van der Waals surface area contributed by atoms with Crippen molar-refractivity contribution in [3.8, 4) is 0 Å². The third-order valence-electron chi connectivity index (χ3n) is 3.98. The highest BCUT2D eigenvalue weighted by atomic mass is 35.5. The number of rotatable bonds is 3. The number of carbonyl (C=O) groups excluding carboxylic acids is 1. The fraction of sp³-hybridized carbons (Fsp3) is 0.562. The van der Waals surface area contributed by atoms with Crippen LogP contribution in [0.4, 0.5) is 0 Å². The van der Waals surface area contributed by atoms with Crippen molar-refractivity contribution in [3.63, 3.8) is 0 Å². The van der Waals surface area contributed by atoms with Gasteiger partial charge in [0.1, 0.15) is 0 Å². The molecule has 0 heterocycles. The van der Waals surface area contributed by atoms with Crippen molar-refractivity contribution in [2.45, 2.75) is 44.9 Å². The molecule has 0 aromatic heterocycles. The zero-order chi connectivity index (χ0) is 13.8. The number of alkyl halides is 1. The summed E-state index contributed by atoms with van der Waals surface area (Å²) in [5, 5.41) is 3.26. The number of hydrogen-bond donors (Lipinski definition) is 1. The average Bonchev–Trinajstić information content (AvgIpc) is 2.40. The summed E-state index contributed by atoms with van der Waals surface area (Å²) in [6.07, 6.45) is 4.65. The van der Waals surface area contributed by atoms with Gasteiger partial charge in [-0.1, -0.05) is 30.5 Å². The molecule has 1 aliphatic rings. The summed E-state index contributed by atoms with van der Waals surface area (Å²) >= 11 is 6.32. The topological polar surface area (TPSA) is 29.1 Å². The predicted octanol–water partition coefficient (Wildman–Crippen LogP) is 3.83. The molecule has 1 fully saturated rings. The third kappa shape index (κ3) is 3.73. The van der Waals surface area contributed by atoms with Crippen LogP contribution < -0.4 is 5.32 Å². The maximum absolute atomic E-state index is 12.2. The summed E-state index contributed by atoms with van der Waals surface area (Å²) in [6, 6.07) is 5.97. The Morgan fingerprint density at radius 1 is 1.32 bits per heavy atom. The SMILES string of the molecule is Cc1ccc(C)c(C(=O)NCC2CCCCC2Cl)c1. The number of halogens is 1. The van der Waals surface area contributed by atoms with Gasteiger partial charge in [0.05, 0.1) is 0 Å². The summed E-state index contributed by atoms with van der Waals surface area (Å²) in [7, 11) is 0. The van der Waals surface area contributed by atoms with Crippen LogP contribution in [0, 0.1) is 19.8 Å². The third-order valence-corrected chi connectivity index (χ3v) is 4.55. The molecular formula is C16H22ClNO. The molecule has 1 saturated carbocycles. The first-order valence-corrected chi connectivity index (χ1v) is 7.51. The monoisotopic (exact) mass is 279 g/mol. The molecule has 3 heteroatoms. The van der Waals surface area contributed by atoms with Crippen molar-refractivity contribution in [3.05, 3.63) is 34.9 Å². The Morgan fingerprint density at radius 3 is 2.79 bits per heavy atom. The fourth-order valence-electron chi connectivity index (χ4n) is 2.69. The zero-order valence-corrected chi connectivity index (χ0v) is 12.5. The van der Waals surface area contributed by atoms with Crippen molar-refractivity contribution < 1.29 is 4.79 Å². The van der Waals surface area contributed by atoms with Gasteiger partial charge in [-0.25, -0.2) is 0 Å². The number of aryl methyl sites for hydroxylation is 2. The lowest BCUT2D eigenvalue weighted by Crippen LogP contribution is -2.35. The Labute approximate surface area is 120 Å². The molecule has 0 bridgehead atoms. The van der Waals surface area contributed by atoms with Gasteiger partial charge in [0.2, 0.25) is 0 Å². The molecule has 2 atom stereocenters. The maximum atomic E-state index is 12.2. The van der Waals surface area contributed by atoms with Crippen molar-refractivity contribution >= 4 is 17.5 Å². The maximum Gasteiger partial charge on any atom is 0.251 e. The lowest BCUT2D eigenvalue weighted by atomic mass is 9.88. The molecule has 2 unspecified atom stereocenters. The molecule has 0 radical (unpaired) electrons. The molecule has 1 aromatic carbocycles. The van der Waals surface area contributed by atoms with Gasteiger partial charge < -0.3 is 5.32 Å². The van der Waals surface area contributed by atoms with E-state index in [9.17, 15) is 4.79 Å². The molecular weight excluding hydrogens is 258 g/mol. The minimum Gasteiger partial charge on any atom is -0.352 e. The summed E-state index contributed by atoms with van der Waals surface area (Å²) in [5.74, 6) is 0.445. The van der Waals surface area contributed by atoms with E-state index in [4.69, 9.17) is 11.6 Å². The van der Waals surface area contributed by atoms with Crippen LogP contribution >= 0.6 is 11.6 Å². The van der Waals surface area contributed by atoms with Gasteiger partial charge in [-0.05, 0) is 44.2 Å². The molecule has 19 heavy (non-hydrogen) atoms. The number of nitrogens with one attached hydrogen (secondary N) is 1. The number of benzene rings is 1. The van der Waals surface area contributed by atoms with Gasteiger partial charge in [-0.3, -0.25) is 4.79 Å². The number of carbonyl (C=O) groups is 1. The molecule has 1 aliphatic carbocycles. The van der Waals surface area contributed by atoms with Crippen LogP contribution in [-0.4, -0.2) is 17.8 Å². The van der Waals surface area contributed by atoms with E-state index in [1.165, 1.54) is 12.8 Å². The summed E-state index contributed by atoms with van der Waals surface area (Å²) in [5.41, 5.74) is 2.92. The Kier molecular flexibility index (Phi) is 4.87. The smallest absolute Gasteiger partial charge is 0.251 e. The van der Waals surface area contributed by atoms with E-state index < -0.39 is 0 Å². The van der Waals surface area contributed by atoms with Crippen molar-refractivity contribution in [1.29, 1.82) is 0 Å². The van der Waals surface area contributed by atoms with E-state index in [0.717, 1.165) is 29.5 Å². The molecule has 1 amide bonds. The normalized spacial score (nSPS) is 23.1. The summed E-state index contributed by atoms with van der Waals surface area (Å²) in [4.78, 5) is 12.2. The van der Waals surface area contributed by atoms with Gasteiger partial charge in [0, 0.05) is 17.5 Å². The highest BCUT2D eigenvalue weighted by Gasteiger charge is 2.23. The van der Waals surface area contributed by atoms with Crippen molar-refractivity contribution in [2.24, 2.45) is 5.92 Å². The minimum absolute atomic E-state index is 0.0237. The van der Waals surface area contributed by atoms with E-state index in [1.54, 1.807) is 0 Å². The zero-order valence-electron chi connectivity index (χ0n) is 11.7. The van der Waals surface area contributed by atoms with Crippen LogP contribution in [0.15, 0.2) is 18.2 Å². The lowest BCUT2D eigenvalue weighted by Gasteiger charge is -2.27. The van der Waals surface area contributed by atoms with Gasteiger partial charge in [-0.2, -0.15) is 0 Å².